The lowest BCUT2D eigenvalue weighted by Crippen LogP contribution is -2.29. The molecule has 0 bridgehead atoms. The minimum absolute atomic E-state index is 0.176. The Morgan fingerprint density at radius 3 is 2.50 bits per heavy atom. The Balaban J connectivity index is 1.69. The third kappa shape index (κ3) is 4.14. The zero-order valence-corrected chi connectivity index (χ0v) is 16.5. The van der Waals surface area contributed by atoms with E-state index in [9.17, 15) is 4.79 Å². The number of aryl methyl sites for hydroxylation is 1. The molecule has 0 atom stereocenters. The highest BCUT2D eigenvalue weighted by atomic mass is 79.9. The molecule has 0 unspecified atom stereocenters. The third-order valence-corrected chi connectivity index (χ3v) is 4.66. The van der Waals surface area contributed by atoms with Gasteiger partial charge in [0.2, 0.25) is 0 Å². The predicted molar refractivity (Wildman–Crippen MR) is 108 cm³/mol. The number of halogens is 1. The summed E-state index contributed by atoms with van der Waals surface area (Å²) in [4.78, 5) is 12.3. The second-order valence-electron chi connectivity index (χ2n) is 6.44. The van der Waals surface area contributed by atoms with Crippen molar-refractivity contribution in [3.8, 4) is 11.3 Å². The quantitative estimate of drug-likeness (QED) is 0.595. The Kier molecular flexibility index (Phi) is 5.42. The highest BCUT2D eigenvalue weighted by Gasteiger charge is 2.09. The molecule has 1 heterocycles. The number of amides is 1. The Hall–Kier alpha value is -2.60. The summed E-state index contributed by atoms with van der Waals surface area (Å²) < 4.78 is 2.67. The van der Waals surface area contributed by atoms with Crippen molar-refractivity contribution in [2.75, 3.05) is 5.43 Å². The van der Waals surface area contributed by atoms with Crippen LogP contribution in [-0.4, -0.2) is 15.7 Å². The van der Waals surface area contributed by atoms with Crippen molar-refractivity contribution in [3.05, 3.63) is 70.3 Å². The van der Waals surface area contributed by atoms with E-state index in [0.717, 1.165) is 21.4 Å². The van der Waals surface area contributed by atoms with Crippen LogP contribution in [0, 0.1) is 0 Å². The number of benzene rings is 2. The normalized spacial score (nSPS) is 10.8. The van der Waals surface area contributed by atoms with Crippen molar-refractivity contribution in [1.29, 1.82) is 0 Å². The highest BCUT2D eigenvalue weighted by molar-refractivity contribution is 9.10. The minimum Gasteiger partial charge on any atom is -0.298 e. The fourth-order valence-corrected chi connectivity index (χ4v) is 3.22. The van der Waals surface area contributed by atoms with Gasteiger partial charge in [-0.15, -0.1) is 0 Å². The number of hydrogen-bond acceptors (Lipinski definition) is 3. The summed E-state index contributed by atoms with van der Waals surface area (Å²) in [6.45, 7) is 4.26. The van der Waals surface area contributed by atoms with Crippen LogP contribution >= 0.6 is 15.9 Å². The number of nitrogens with zero attached hydrogens (tertiary/aromatic N) is 2. The van der Waals surface area contributed by atoms with Gasteiger partial charge in [-0.2, -0.15) is 5.10 Å². The first-order valence-corrected chi connectivity index (χ1v) is 9.19. The van der Waals surface area contributed by atoms with Gasteiger partial charge < -0.3 is 0 Å². The van der Waals surface area contributed by atoms with E-state index in [1.54, 1.807) is 4.68 Å². The molecule has 134 valence electrons. The van der Waals surface area contributed by atoms with E-state index in [1.165, 1.54) is 5.56 Å². The first-order chi connectivity index (χ1) is 12.4. The smallest absolute Gasteiger partial charge is 0.269 e. The minimum atomic E-state index is -0.176. The summed E-state index contributed by atoms with van der Waals surface area (Å²) >= 11 is 3.51. The molecule has 3 aromatic rings. The molecule has 1 aromatic heterocycles. The monoisotopic (exact) mass is 412 g/mol. The van der Waals surface area contributed by atoms with Gasteiger partial charge in [0.05, 0.1) is 10.2 Å². The van der Waals surface area contributed by atoms with Crippen LogP contribution in [0.15, 0.2) is 59.2 Å². The highest BCUT2D eigenvalue weighted by Crippen LogP contribution is 2.28. The lowest BCUT2D eigenvalue weighted by molar-refractivity contribution is 0.0962. The molecule has 0 aliphatic heterocycles. The SMILES string of the molecule is CC(C)c1ccc(C(=O)NNc2cccc(-c3nn(C)cc3Br)c2)cc1. The molecule has 6 heteroatoms. The van der Waals surface area contributed by atoms with Gasteiger partial charge in [0.25, 0.3) is 5.91 Å². The van der Waals surface area contributed by atoms with Crippen LogP contribution in [-0.2, 0) is 7.05 Å². The van der Waals surface area contributed by atoms with Crippen LogP contribution in [0.1, 0.15) is 35.7 Å². The Morgan fingerprint density at radius 1 is 1.15 bits per heavy atom. The molecule has 2 aromatic carbocycles. The number of hydrogen-bond donors (Lipinski definition) is 2. The zero-order valence-electron chi connectivity index (χ0n) is 15.0. The van der Waals surface area contributed by atoms with Crippen molar-refractivity contribution in [2.24, 2.45) is 7.05 Å². The average Bonchev–Trinajstić information content (AvgIpc) is 2.98. The van der Waals surface area contributed by atoms with Gasteiger partial charge in [-0.25, -0.2) is 0 Å². The number of carbonyl (C=O) groups excluding carboxylic acids is 1. The van der Waals surface area contributed by atoms with E-state index in [2.05, 4.69) is 45.7 Å². The van der Waals surface area contributed by atoms with Crippen molar-refractivity contribution >= 4 is 27.5 Å². The Labute approximate surface area is 161 Å². The molecule has 0 saturated carbocycles. The average molecular weight is 413 g/mol. The van der Waals surface area contributed by atoms with Gasteiger partial charge in [0.1, 0.15) is 5.69 Å². The lowest BCUT2D eigenvalue weighted by atomic mass is 10.0. The summed E-state index contributed by atoms with van der Waals surface area (Å²) in [5.74, 6) is 0.267. The van der Waals surface area contributed by atoms with Crippen LogP contribution < -0.4 is 10.9 Å². The number of nitrogens with one attached hydrogen (secondary N) is 2. The van der Waals surface area contributed by atoms with Gasteiger partial charge in [-0.3, -0.25) is 20.3 Å². The van der Waals surface area contributed by atoms with E-state index in [-0.39, 0.29) is 5.91 Å². The molecule has 0 saturated heterocycles. The van der Waals surface area contributed by atoms with Crippen molar-refractivity contribution in [2.45, 2.75) is 19.8 Å². The molecular formula is C20H21BrN4O. The fraction of sp³-hybridized carbons (Fsp3) is 0.200. The number of carbonyl (C=O) groups is 1. The molecule has 3 rings (SSSR count). The molecule has 1 amide bonds. The number of anilines is 1. The molecule has 0 radical (unpaired) electrons. The summed E-state index contributed by atoms with van der Waals surface area (Å²) in [5, 5.41) is 4.44. The number of rotatable bonds is 5. The standard InChI is InChI=1S/C20H21BrN4O/c1-13(2)14-7-9-15(10-8-14)20(26)23-22-17-6-4-5-16(11-17)19-18(21)12-25(3)24-19/h4-13,22H,1-3H3,(H,23,26). The van der Waals surface area contributed by atoms with Crippen molar-refractivity contribution in [1.82, 2.24) is 15.2 Å². The van der Waals surface area contributed by atoms with E-state index in [4.69, 9.17) is 0 Å². The first kappa shape index (κ1) is 18.2. The van der Waals surface area contributed by atoms with Crippen LogP contribution in [0.2, 0.25) is 0 Å². The third-order valence-electron chi connectivity index (χ3n) is 4.08. The molecule has 0 aliphatic carbocycles. The fourth-order valence-electron chi connectivity index (χ4n) is 2.62. The van der Waals surface area contributed by atoms with Crippen LogP contribution in [0.5, 0.6) is 0 Å². The zero-order chi connectivity index (χ0) is 18.7. The van der Waals surface area contributed by atoms with Gasteiger partial charge >= 0.3 is 0 Å². The molecule has 2 N–H and O–H groups in total. The van der Waals surface area contributed by atoms with Gasteiger partial charge in [0, 0.05) is 24.4 Å². The number of hydrazine groups is 1. The Bertz CT molecular complexity index is 916. The second-order valence-corrected chi connectivity index (χ2v) is 7.29. The topological polar surface area (TPSA) is 59.0 Å². The van der Waals surface area contributed by atoms with Crippen LogP contribution in [0.3, 0.4) is 0 Å². The number of aromatic nitrogens is 2. The Morgan fingerprint density at radius 2 is 1.88 bits per heavy atom. The molecule has 26 heavy (non-hydrogen) atoms. The summed E-state index contributed by atoms with van der Waals surface area (Å²) in [6, 6.07) is 15.4. The maximum atomic E-state index is 12.3. The van der Waals surface area contributed by atoms with Gasteiger partial charge in [-0.05, 0) is 51.7 Å². The first-order valence-electron chi connectivity index (χ1n) is 8.40. The van der Waals surface area contributed by atoms with Crippen LogP contribution in [0.25, 0.3) is 11.3 Å². The van der Waals surface area contributed by atoms with E-state index >= 15 is 0 Å². The van der Waals surface area contributed by atoms with Crippen LogP contribution in [0.4, 0.5) is 5.69 Å². The molecule has 0 aliphatic rings. The lowest BCUT2D eigenvalue weighted by Gasteiger charge is -2.11. The van der Waals surface area contributed by atoms with Crippen molar-refractivity contribution < 1.29 is 4.79 Å². The molecule has 0 fully saturated rings. The molecule has 5 nitrogen and oxygen atoms in total. The second kappa shape index (κ2) is 7.74. The van der Waals surface area contributed by atoms with E-state index < -0.39 is 0 Å². The van der Waals surface area contributed by atoms with E-state index in [0.29, 0.717) is 11.5 Å². The van der Waals surface area contributed by atoms with Gasteiger partial charge in [0.15, 0.2) is 0 Å². The largest absolute Gasteiger partial charge is 0.298 e. The molecule has 0 spiro atoms. The maximum absolute atomic E-state index is 12.3. The molecular weight excluding hydrogens is 392 g/mol. The van der Waals surface area contributed by atoms with Crippen molar-refractivity contribution in [3.63, 3.8) is 0 Å². The predicted octanol–water partition coefficient (Wildman–Crippen LogP) is 4.73. The summed E-state index contributed by atoms with van der Waals surface area (Å²) in [5.41, 5.74) is 10.1. The summed E-state index contributed by atoms with van der Waals surface area (Å²) in [6.07, 6.45) is 1.90. The maximum Gasteiger partial charge on any atom is 0.269 e. The van der Waals surface area contributed by atoms with E-state index in [1.807, 2.05) is 61.8 Å². The van der Waals surface area contributed by atoms with Gasteiger partial charge in [-0.1, -0.05) is 38.1 Å². The summed E-state index contributed by atoms with van der Waals surface area (Å²) in [7, 11) is 1.88.